The van der Waals surface area contributed by atoms with Crippen molar-refractivity contribution in [3.63, 3.8) is 0 Å². The van der Waals surface area contributed by atoms with Gasteiger partial charge >= 0.3 is 0 Å². The molecule has 0 atom stereocenters. The highest BCUT2D eigenvalue weighted by Crippen LogP contribution is 2.38. The van der Waals surface area contributed by atoms with Gasteiger partial charge in [0.05, 0.1) is 11.4 Å². The van der Waals surface area contributed by atoms with E-state index in [9.17, 15) is 9.18 Å². The Morgan fingerprint density at radius 3 is 2.83 bits per heavy atom. The molecule has 24 heavy (non-hydrogen) atoms. The van der Waals surface area contributed by atoms with Crippen molar-refractivity contribution in [2.24, 2.45) is 0 Å². The summed E-state index contributed by atoms with van der Waals surface area (Å²) in [5.41, 5.74) is 1.33. The molecule has 6 heteroatoms. The predicted octanol–water partition coefficient (Wildman–Crippen LogP) is 3.15. The SMILES string of the molecule is O=C(Cc1ccccc1F)NCCc1cc(Cl)c2c(c1)OCCO2. The minimum atomic E-state index is -0.369. The number of halogens is 2. The molecule has 2 aromatic rings. The van der Waals surface area contributed by atoms with Crippen molar-refractivity contribution in [1.29, 1.82) is 0 Å². The lowest BCUT2D eigenvalue weighted by molar-refractivity contribution is -0.120. The van der Waals surface area contributed by atoms with Crippen LogP contribution in [0.2, 0.25) is 5.02 Å². The van der Waals surface area contributed by atoms with Gasteiger partial charge in [-0.05, 0) is 35.7 Å². The van der Waals surface area contributed by atoms with E-state index in [1.807, 2.05) is 6.07 Å². The summed E-state index contributed by atoms with van der Waals surface area (Å²) >= 11 is 6.18. The third-order valence-corrected chi connectivity index (χ3v) is 3.98. The molecular weight excluding hydrogens is 333 g/mol. The predicted molar refractivity (Wildman–Crippen MR) is 89.3 cm³/mol. The Morgan fingerprint density at radius 1 is 1.21 bits per heavy atom. The maximum absolute atomic E-state index is 13.5. The molecule has 0 bridgehead atoms. The van der Waals surface area contributed by atoms with Crippen molar-refractivity contribution >= 4 is 17.5 Å². The molecule has 1 amide bonds. The molecule has 0 aromatic heterocycles. The van der Waals surface area contributed by atoms with Crippen molar-refractivity contribution in [3.05, 3.63) is 58.4 Å². The van der Waals surface area contributed by atoms with Gasteiger partial charge in [0.1, 0.15) is 19.0 Å². The molecule has 0 saturated heterocycles. The van der Waals surface area contributed by atoms with Crippen molar-refractivity contribution in [2.75, 3.05) is 19.8 Å². The van der Waals surface area contributed by atoms with E-state index in [2.05, 4.69) is 5.32 Å². The molecule has 126 valence electrons. The lowest BCUT2D eigenvalue weighted by Crippen LogP contribution is -2.27. The van der Waals surface area contributed by atoms with Gasteiger partial charge in [0.15, 0.2) is 11.5 Å². The molecule has 3 rings (SSSR count). The second-order valence-electron chi connectivity index (χ2n) is 5.47. The van der Waals surface area contributed by atoms with Crippen molar-refractivity contribution in [1.82, 2.24) is 5.32 Å². The number of fused-ring (bicyclic) bond motifs is 1. The first-order valence-corrected chi connectivity index (χ1v) is 8.09. The summed E-state index contributed by atoms with van der Waals surface area (Å²) in [6.07, 6.45) is 0.619. The van der Waals surface area contributed by atoms with E-state index >= 15 is 0 Å². The molecule has 1 aliphatic heterocycles. The zero-order valence-corrected chi connectivity index (χ0v) is 13.7. The standard InChI is InChI=1S/C18H17ClFNO3/c19-14-9-12(10-16-18(14)24-8-7-23-16)5-6-21-17(22)11-13-3-1-2-4-15(13)20/h1-4,9-10H,5-8,11H2,(H,21,22). The van der Waals surface area contributed by atoms with Crippen molar-refractivity contribution < 1.29 is 18.7 Å². The molecule has 4 nitrogen and oxygen atoms in total. The number of ether oxygens (including phenoxy) is 2. The Bertz CT molecular complexity index is 751. The minimum Gasteiger partial charge on any atom is -0.486 e. The van der Waals surface area contributed by atoms with Crippen LogP contribution in [0, 0.1) is 5.82 Å². The minimum absolute atomic E-state index is 0.0224. The van der Waals surface area contributed by atoms with Crippen LogP contribution in [0.3, 0.4) is 0 Å². The largest absolute Gasteiger partial charge is 0.486 e. The number of amides is 1. The molecule has 1 N–H and O–H groups in total. The van der Waals surface area contributed by atoms with Crippen molar-refractivity contribution in [2.45, 2.75) is 12.8 Å². The van der Waals surface area contributed by atoms with Crippen LogP contribution in [0.15, 0.2) is 36.4 Å². The third-order valence-electron chi connectivity index (χ3n) is 3.70. The summed E-state index contributed by atoms with van der Waals surface area (Å²) in [7, 11) is 0. The zero-order valence-electron chi connectivity index (χ0n) is 13.0. The maximum atomic E-state index is 13.5. The molecule has 0 spiro atoms. The van der Waals surface area contributed by atoms with E-state index in [0.29, 0.717) is 48.3 Å². The third kappa shape index (κ3) is 3.97. The van der Waals surface area contributed by atoms with Gasteiger partial charge in [-0.1, -0.05) is 29.8 Å². The number of carbonyl (C=O) groups excluding carboxylic acids is 1. The van der Waals surface area contributed by atoms with Gasteiger partial charge in [-0.2, -0.15) is 0 Å². The molecule has 0 unspecified atom stereocenters. The number of hydrogen-bond acceptors (Lipinski definition) is 3. The number of hydrogen-bond donors (Lipinski definition) is 1. The molecule has 2 aromatic carbocycles. The molecule has 0 saturated carbocycles. The Balaban J connectivity index is 1.54. The number of carbonyl (C=O) groups is 1. The quantitative estimate of drug-likeness (QED) is 0.902. The Labute approximate surface area is 144 Å². The van der Waals surface area contributed by atoms with Gasteiger partial charge in [0, 0.05) is 6.54 Å². The number of nitrogens with one attached hydrogen (secondary N) is 1. The van der Waals surface area contributed by atoms with Crippen LogP contribution in [-0.4, -0.2) is 25.7 Å². The number of benzene rings is 2. The van der Waals surface area contributed by atoms with E-state index in [1.54, 1.807) is 24.3 Å². The van der Waals surface area contributed by atoms with Gasteiger partial charge in [0.25, 0.3) is 0 Å². The highest BCUT2D eigenvalue weighted by molar-refractivity contribution is 6.32. The fraction of sp³-hybridized carbons (Fsp3) is 0.278. The molecule has 1 aliphatic rings. The Morgan fingerprint density at radius 2 is 2.00 bits per heavy atom. The van der Waals surface area contributed by atoms with Crippen LogP contribution in [-0.2, 0) is 17.6 Å². The second-order valence-corrected chi connectivity index (χ2v) is 5.88. The highest BCUT2D eigenvalue weighted by Gasteiger charge is 2.16. The lowest BCUT2D eigenvalue weighted by Gasteiger charge is -2.20. The van der Waals surface area contributed by atoms with E-state index in [-0.39, 0.29) is 18.1 Å². The van der Waals surface area contributed by atoms with Crippen LogP contribution >= 0.6 is 11.6 Å². The first-order chi connectivity index (χ1) is 11.6. The van der Waals surface area contributed by atoms with Gasteiger partial charge in [-0.25, -0.2) is 4.39 Å². The molecule has 1 heterocycles. The topological polar surface area (TPSA) is 47.6 Å². The first-order valence-electron chi connectivity index (χ1n) is 7.71. The Kier molecular flexibility index (Phi) is 5.20. The summed E-state index contributed by atoms with van der Waals surface area (Å²) in [6.45, 7) is 1.41. The van der Waals surface area contributed by atoms with Crippen LogP contribution in [0.4, 0.5) is 4.39 Å². The summed E-state index contributed by atoms with van der Waals surface area (Å²) in [5.74, 6) is 0.603. The highest BCUT2D eigenvalue weighted by atomic mass is 35.5. The fourth-order valence-corrected chi connectivity index (χ4v) is 2.82. The fourth-order valence-electron chi connectivity index (χ4n) is 2.53. The van der Waals surface area contributed by atoms with E-state index < -0.39 is 0 Å². The molecule has 0 fully saturated rings. The summed E-state index contributed by atoms with van der Waals surface area (Å²) in [5, 5.41) is 3.29. The van der Waals surface area contributed by atoms with E-state index in [4.69, 9.17) is 21.1 Å². The normalized spacial score (nSPS) is 12.8. The average molecular weight is 350 g/mol. The summed E-state index contributed by atoms with van der Waals surface area (Å²) in [6, 6.07) is 9.93. The van der Waals surface area contributed by atoms with Gasteiger partial charge in [-0.15, -0.1) is 0 Å². The number of rotatable bonds is 5. The van der Waals surface area contributed by atoms with Crippen LogP contribution in [0.1, 0.15) is 11.1 Å². The van der Waals surface area contributed by atoms with Gasteiger partial charge in [0.2, 0.25) is 5.91 Å². The summed E-state index contributed by atoms with van der Waals surface area (Å²) < 4.78 is 24.5. The average Bonchev–Trinajstić information content (AvgIpc) is 2.57. The van der Waals surface area contributed by atoms with Crippen LogP contribution < -0.4 is 14.8 Å². The van der Waals surface area contributed by atoms with Gasteiger partial charge < -0.3 is 14.8 Å². The van der Waals surface area contributed by atoms with Crippen molar-refractivity contribution in [3.8, 4) is 11.5 Å². The monoisotopic (exact) mass is 349 g/mol. The van der Waals surface area contributed by atoms with E-state index in [1.165, 1.54) is 6.07 Å². The van der Waals surface area contributed by atoms with Crippen LogP contribution in [0.25, 0.3) is 0 Å². The Hall–Kier alpha value is -2.27. The first kappa shape index (κ1) is 16.6. The molecule has 0 radical (unpaired) electrons. The summed E-state index contributed by atoms with van der Waals surface area (Å²) in [4.78, 5) is 11.9. The second kappa shape index (κ2) is 7.53. The molecule has 0 aliphatic carbocycles. The van der Waals surface area contributed by atoms with Crippen LogP contribution in [0.5, 0.6) is 11.5 Å². The maximum Gasteiger partial charge on any atom is 0.224 e. The lowest BCUT2D eigenvalue weighted by atomic mass is 10.1. The van der Waals surface area contributed by atoms with Gasteiger partial charge in [-0.3, -0.25) is 4.79 Å². The smallest absolute Gasteiger partial charge is 0.224 e. The zero-order chi connectivity index (χ0) is 16.9. The molecular formula is C18H17ClFNO3. The van der Waals surface area contributed by atoms with E-state index in [0.717, 1.165) is 5.56 Å².